The number of carboxylic acid groups (broad SMARTS) is 2. The molecule has 0 radical (unpaired) electrons. The summed E-state index contributed by atoms with van der Waals surface area (Å²) in [5, 5.41) is 21.0. The minimum Gasteiger partial charge on any atom is -0.480 e. The fourth-order valence-corrected chi connectivity index (χ4v) is 3.53. The summed E-state index contributed by atoms with van der Waals surface area (Å²) in [4.78, 5) is 22.2. The van der Waals surface area contributed by atoms with Crippen LogP contribution < -0.4 is 5.32 Å². The predicted octanol–water partition coefficient (Wildman–Crippen LogP) is 5.73. The van der Waals surface area contributed by atoms with Crippen LogP contribution in [0.1, 0.15) is 59.8 Å². The second-order valence-corrected chi connectivity index (χ2v) is 8.80. The molecule has 0 aromatic rings. The number of hydrogen-bond donors (Lipinski definition) is 3. The van der Waals surface area contributed by atoms with E-state index in [2.05, 4.69) is 64.4 Å². The first kappa shape index (κ1) is 27.8. The van der Waals surface area contributed by atoms with Gasteiger partial charge >= 0.3 is 11.9 Å². The minimum atomic E-state index is -1.11. The van der Waals surface area contributed by atoms with E-state index in [0.717, 1.165) is 31.4 Å². The van der Waals surface area contributed by atoms with Gasteiger partial charge in [-0.25, -0.2) is 9.59 Å². The van der Waals surface area contributed by atoms with Crippen LogP contribution in [-0.2, 0) is 9.59 Å². The Morgan fingerprint density at radius 3 is 2.07 bits per heavy atom. The largest absolute Gasteiger partial charge is 0.480 e. The van der Waals surface area contributed by atoms with Gasteiger partial charge in [-0.05, 0) is 53.4 Å². The molecule has 0 bridgehead atoms. The van der Waals surface area contributed by atoms with E-state index in [0.29, 0.717) is 11.4 Å². The Morgan fingerprint density at radius 2 is 1.53 bits per heavy atom. The van der Waals surface area contributed by atoms with Crippen molar-refractivity contribution in [3.05, 3.63) is 59.4 Å². The van der Waals surface area contributed by atoms with Crippen LogP contribution in [0.4, 0.5) is 0 Å². The van der Waals surface area contributed by atoms with Crippen LogP contribution in [0.5, 0.6) is 0 Å². The van der Waals surface area contributed by atoms with Crippen LogP contribution in [0.3, 0.4) is 0 Å². The minimum absolute atomic E-state index is 0.0179. The van der Waals surface area contributed by atoms with Crippen LogP contribution in [-0.4, -0.2) is 39.7 Å². The Morgan fingerprint density at radius 1 is 0.967 bits per heavy atom. The van der Waals surface area contributed by atoms with Gasteiger partial charge in [-0.1, -0.05) is 48.1 Å². The first-order valence-corrected chi connectivity index (χ1v) is 11.3. The molecule has 0 saturated carbocycles. The summed E-state index contributed by atoms with van der Waals surface area (Å²) in [5.74, 6) is -1.01. The molecule has 30 heavy (non-hydrogen) atoms. The average Bonchev–Trinajstić information content (AvgIpc) is 2.63. The maximum Gasteiger partial charge on any atom is 0.331 e. The summed E-state index contributed by atoms with van der Waals surface area (Å²) in [7, 11) is 0. The summed E-state index contributed by atoms with van der Waals surface area (Å²) in [6.45, 7) is 15.6. The van der Waals surface area contributed by atoms with Gasteiger partial charge in [-0.15, -0.1) is 0 Å². The van der Waals surface area contributed by atoms with Gasteiger partial charge in [0.1, 0.15) is 6.04 Å². The number of hydrogen-bond acceptors (Lipinski definition) is 4. The summed E-state index contributed by atoms with van der Waals surface area (Å²) in [5.41, 5.74) is 4.38. The van der Waals surface area contributed by atoms with E-state index >= 15 is 0 Å². The molecule has 1 atom stereocenters. The molecule has 0 heterocycles. The van der Waals surface area contributed by atoms with Crippen molar-refractivity contribution in [3.63, 3.8) is 0 Å². The van der Waals surface area contributed by atoms with Gasteiger partial charge in [-0.3, -0.25) is 0 Å². The highest BCUT2D eigenvalue weighted by Crippen LogP contribution is 2.14. The van der Waals surface area contributed by atoms with Crippen molar-refractivity contribution in [2.24, 2.45) is 0 Å². The molecule has 0 aromatic carbocycles. The Balaban J connectivity index is 4.30. The maximum atomic E-state index is 11.4. The van der Waals surface area contributed by atoms with Gasteiger partial charge < -0.3 is 15.5 Å². The smallest absolute Gasteiger partial charge is 0.331 e. The van der Waals surface area contributed by atoms with Crippen molar-refractivity contribution in [1.29, 1.82) is 0 Å². The van der Waals surface area contributed by atoms with Gasteiger partial charge in [0.05, 0.1) is 0 Å². The first-order valence-electron chi connectivity index (χ1n) is 10.1. The lowest BCUT2D eigenvalue weighted by molar-refractivity contribution is -0.138. The number of carbonyl (C=O) groups is 2. The molecule has 0 unspecified atom stereocenters. The van der Waals surface area contributed by atoms with Crippen molar-refractivity contribution in [1.82, 2.24) is 5.32 Å². The molecule has 0 amide bonds. The normalized spacial score (nSPS) is 12.8. The molecule has 0 spiro atoms. The second kappa shape index (κ2) is 15.6. The maximum absolute atomic E-state index is 11.4. The number of thioether (sulfide) groups is 1. The van der Waals surface area contributed by atoms with Gasteiger partial charge in [0.15, 0.2) is 0 Å². The van der Waals surface area contributed by atoms with E-state index in [-0.39, 0.29) is 12.0 Å². The molecule has 5 nitrogen and oxygen atoms in total. The summed E-state index contributed by atoms with van der Waals surface area (Å²) in [6, 6.07) is -0.816. The Kier molecular flexibility index (Phi) is 14.5. The topological polar surface area (TPSA) is 86.6 Å². The predicted molar refractivity (Wildman–Crippen MR) is 128 cm³/mol. The highest BCUT2D eigenvalue weighted by atomic mass is 32.2. The number of carboxylic acids is 2. The summed E-state index contributed by atoms with van der Waals surface area (Å²) >= 11 is 1.52. The molecule has 0 aliphatic rings. The van der Waals surface area contributed by atoms with E-state index in [1.54, 1.807) is 0 Å². The second-order valence-electron chi connectivity index (χ2n) is 7.72. The molecular weight excluding hydrogens is 398 g/mol. The van der Waals surface area contributed by atoms with E-state index in [9.17, 15) is 14.7 Å². The van der Waals surface area contributed by atoms with Crippen molar-refractivity contribution < 1.29 is 19.8 Å². The van der Waals surface area contributed by atoms with Crippen LogP contribution in [0.25, 0.3) is 0 Å². The SMILES string of the molecule is C=C(CC(=C)C(=O)O)N[C@@H](CSC/C=C(\C)CC/C=C(\C)CCC=C(C)C)C(=O)O. The average molecular weight is 436 g/mol. The zero-order valence-corrected chi connectivity index (χ0v) is 19.6. The quantitative estimate of drug-likeness (QED) is 0.163. The fourth-order valence-electron chi connectivity index (χ4n) is 2.53. The molecule has 0 rings (SSSR count). The molecule has 0 aliphatic heterocycles. The van der Waals surface area contributed by atoms with E-state index in [1.165, 1.54) is 28.5 Å². The van der Waals surface area contributed by atoms with E-state index in [1.807, 2.05) is 0 Å². The summed E-state index contributed by atoms with van der Waals surface area (Å²) in [6.07, 6.45) is 10.9. The Hall–Kier alpha value is -2.21. The lowest BCUT2D eigenvalue weighted by Crippen LogP contribution is -2.38. The van der Waals surface area contributed by atoms with Crippen LogP contribution in [0.2, 0.25) is 0 Å². The molecule has 3 N–H and O–H groups in total. The standard InChI is InChI=1S/C24H37NO4S/c1-17(2)9-7-10-18(3)11-8-12-19(4)13-14-30-16-22(24(28)29)25-21(6)15-20(5)23(26)27/h9,11,13,22,25H,5-8,10,12,14-16H2,1-4H3,(H,26,27)(H,28,29)/b18-11+,19-13+/t22-/m0/s1. The number of nitrogens with one attached hydrogen (secondary N) is 1. The van der Waals surface area contributed by atoms with Gasteiger partial charge in [0.25, 0.3) is 0 Å². The number of allylic oxidation sites excluding steroid dienone is 6. The van der Waals surface area contributed by atoms with E-state index in [4.69, 9.17) is 5.11 Å². The van der Waals surface area contributed by atoms with Gasteiger partial charge in [0.2, 0.25) is 0 Å². The molecule has 0 aliphatic carbocycles. The van der Waals surface area contributed by atoms with Gasteiger partial charge in [-0.2, -0.15) is 11.8 Å². The van der Waals surface area contributed by atoms with E-state index < -0.39 is 18.0 Å². The Bertz CT molecular complexity index is 700. The van der Waals surface area contributed by atoms with Gasteiger partial charge in [0, 0.05) is 29.2 Å². The molecule has 6 heteroatoms. The molecule has 0 aromatic heterocycles. The lowest BCUT2D eigenvalue weighted by Gasteiger charge is -2.17. The lowest BCUT2D eigenvalue weighted by atomic mass is 10.1. The fraction of sp³-hybridized carbons (Fsp3) is 0.500. The third-order valence-corrected chi connectivity index (χ3v) is 5.33. The Labute approximate surface area is 185 Å². The van der Waals surface area contributed by atoms with Crippen molar-refractivity contribution in [2.45, 2.75) is 65.8 Å². The number of rotatable bonds is 16. The zero-order chi connectivity index (χ0) is 23.1. The van der Waals surface area contributed by atoms with Crippen molar-refractivity contribution >= 4 is 23.7 Å². The highest BCUT2D eigenvalue weighted by molar-refractivity contribution is 7.99. The van der Waals surface area contributed by atoms with Crippen molar-refractivity contribution in [2.75, 3.05) is 11.5 Å². The molecule has 0 fully saturated rings. The molecule has 168 valence electrons. The highest BCUT2D eigenvalue weighted by Gasteiger charge is 2.18. The zero-order valence-electron chi connectivity index (χ0n) is 18.8. The van der Waals surface area contributed by atoms with Crippen LogP contribution >= 0.6 is 11.8 Å². The van der Waals surface area contributed by atoms with Crippen LogP contribution in [0, 0.1) is 0 Å². The molecule has 0 saturated heterocycles. The third-order valence-electron chi connectivity index (χ3n) is 4.36. The third kappa shape index (κ3) is 14.7. The number of aliphatic carboxylic acids is 2. The monoisotopic (exact) mass is 435 g/mol. The molecular formula is C24H37NO4S. The first-order chi connectivity index (χ1) is 14.0. The summed E-state index contributed by atoms with van der Waals surface area (Å²) < 4.78 is 0. The van der Waals surface area contributed by atoms with Crippen LogP contribution in [0.15, 0.2) is 59.4 Å². The van der Waals surface area contributed by atoms with Crippen molar-refractivity contribution in [3.8, 4) is 0 Å².